The molecule has 1 heterocycles. The van der Waals surface area contributed by atoms with Crippen molar-refractivity contribution in [2.75, 3.05) is 6.61 Å². The van der Waals surface area contributed by atoms with Crippen molar-refractivity contribution in [2.24, 2.45) is 5.92 Å². The summed E-state index contributed by atoms with van der Waals surface area (Å²) in [5, 5.41) is 11.8. The molecule has 0 unspecified atom stereocenters. The molecule has 0 spiro atoms. The predicted molar refractivity (Wildman–Crippen MR) is 60.5 cm³/mol. The fourth-order valence-corrected chi connectivity index (χ4v) is 2.56. The number of hydrogen-bond donors (Lipinski definition) is 2. The van der Waals surface area contributed by atoms with Crippen LogP contribution in [0.25, 0.3) is 0 Å². The van der Waals surface area contributed by atoms with E-state index in [4.69, 9.17) is 9.84 Å². The zero-order valence-corrected chi connectivity index (χ0v) is 9.85. The highest BCUT2D eigenvalue weighted by molar-refractivity contribution is 5.81. The molecule has 0 aromatic carbocycles. The van der Waals surface area contributed by atoms with Gasteiger partial charge < -0.3 is 15.2 Å². The first kappa shape index (κ1) is 12.4. The maximum atomic E-state index is 11.8. The highest BCUT2D eigenvalue weighted by Gasteiger charge is 2.29. The standard InChI is InChI=1S/C12H19NO4/c14-11(10-2-1-7-17-10)13-9-5-3-8(4-6-9)12(15)16/h8-10H,1-7H2,(H,13,14)(H,15,16)/t8?,9?,10-/m1/s1. The topological polar surface area (TPSA) is 75.6 Å². The van der Waals surface area contributed by atoms with Crippen LogP contribution in [0.15, 0.2) is 0 Å². The van der Waals surface area contributed by atoms with Crippen molar-refractivity contribution in [3.8, 4) is 0 Å². The van der Waals surface area contributed by atoms with Crippen LogP contribution < -0.4 is 5.32 Å². The van der Waals surface area contributed by atoms with Crippen LogP contribution in [0.1, 0.15) is 38.5 Å². The van der Waals surface area contributed by atoms with E-state index in [1.54, 1.807) is 0 Å². The Morgan fingerprint density at radius 3 is 2.35 bits per heavy atom. The summed E-state index contributed by atoms with van der Waals surface area (Å²) in [7, 11) is 0. The fraction of sp³-hybridized carbons (Fsp3) is 0.833. The lowest BCUT2D eigenvalue weighted by Crippen LogP contribution is -2.43. The second-order valence-corrected chi connectivity index (χ2v) is 4.90. The smallest absolute Gasteiger partial charge is 0.306 e. The van der Waals surface area contributed by atoms with Gasteiger partial charge in [-0.2, -0.15) is 0 Å². The zero-order chi connectivity index (χ0) is 12.3. The lowest BCUT2D eigenvalue weighted by molar-refractivity contribution is -0.142. The number of amides is 1. The van der Waals surface area contributed by atoms with E-state index in [9.17, 15) is 9.59 Å². The molecule has 1 saturated heterocycles. The molecule has 0 aromatic rings. The molecule has 2 N–H and O–H groups in total. The lowest BCUT2D eigenvalue weighted by Gasteiger charge is -2.27. The molecule has 5 nitrogen and oxygen atoms in total. The monoisotopic (exact) mass is 241 g/mol. The third-order valence-corrected chi connectivity index (χ3v) is 3.64. The normalized spacial score (nSPS) is 33.3. The molecule has 0 aromatic heterocycles. The second-order valence-electron chi connectivity index (χ2n) is 4.90. The summed E-state index contributed by atoms with van der Waals surface area (Å²) >= 11 is 0. The summed E-state index contributed by atoms with van der Waals surface area (Å²) in [5.74, 6) is -0.971. The lowest BCUT2D eigenvalue weighted by atomic mass is 9.86. The molecule has 1 amide bonds. The van der Waals surface area contributed by atoms with Gasteiger partial charge in [-0.05, 0) is 38.5 Å². The number of nitrogens with one attached hydrogen (secondary N) is 1. The van der Waals surface area contributed by atoms with E-state index in [1.165, 1.54) is 0 Å². The first-order chi connectivity index (χ1) is 8.16. The molecular weight excluding hydrogens is 222 g/mol. The molecule has 1 aliphatic carbocycles. The van der Waals surface area contributed by atoms with E-state index >= 15 is 0 Å². The van der Waals surface area contributed by atoms with Gasteiger partial charge in [0.1, 0.15) is 6.10 Å². The Labute approximate surface area is 101 Å². The molecule has 17 heavy (non-hydrogen) atoms. The molecule has 1 saturated carbocycles. The van der Waals surface area contributed by atoms with E-state index < -0.39 is 5.97 Å². The van der Waals surface area contributed by atoms with Gasteiger partial charge in [-0.1, -0.05) is 0 Å². The second kappa shape index (κ2) is 5.49. The molecule has 2 fully saturated rings. The number of hydrogen-bond acceptors (Lipinski definition) is 3. The fourth-order valence-electron chi connectivity index (χ4n) is 2.56. The average Bonchev–Trinajstić information content (AvgIpc) is 2.83. The summed E-state index contributed by atoms with van der Waals surface area (Å²) in [6.07, 6.45) is 4.30. The van der Waals surface area contributed by atoms with Crippen LogP contribution in [0.5, 0.6) is 0 Å². The van der Waals surface area contributed by atoms with Gasteiger partial charge in [-0.15, -0.1) is 0 Å². The van der Waals surface area contributed by atoms with Crippen LogP contribution in [0.3, 0.4) is 0 Å². The van der Waals surface area contributed by atoms with Crippen molar-refractivity contribution in [1.29, 1.82) is 0 Å². The summed E-state index contributed by atoms with van der Waals surface area (Å²) in [4.78, 5) is 22.6. The minimum Gasteiger partial charge on any atom is -0.481 e. The van der Waals surface area contributed by atoms with Crippen LogP contribution >= 0.6 is 0 Å². The number of carboxylic acid groups (broad SMARTS) is 1. The summed E-state index contributed by atoms with van der Waals surface area (Å²) in [6.45, 7) is 0.670. The molecule has 5 heteroatoms. The van der Waals surface area contributed by atoms with E-state index in [1.807, 2.05) is 0 Å². The number of rotatable bonds is 3. The summed E-state index contributed by atoms with van der Waals surface area (Å²) in [5.41, 5.74) is 0. The van der Waals surface area contributed by atoms with Crippen molar-refractivity contribution in [3.05, 3.63) is 0 Å². The third kappa shape index (κ3) is 3.19. The van der Waals surface area contributed by atoms with Gasteiger partial charge in [0.2, 0.25) is 5.91 Å². The molecule has 2 rings (SSSR count). The summed E-state index contributed by atoms with van der Waals surface area (Å²) < 4.78 is 5.31. The van der Waals surface area contributed by atoms with E-state index in [0.717, 1.165) is 25.7 Å². The van der Waals surface area contributed by atoms with Crippen LogP contribution in [0.4, 0.5) is 0 Å². The van der Waals surface area contributed by atoms with Crippen LogP contribution in [-0.2, 0) is 14.3 Å². The molecule has 96 valence electrons. The predicted octanol–water partition coefficient (Wildman–Crippen LogP) is 0.925. The summed E-state index contributed by atoms with van der Waals surface area (Å²) in [6, 6.07) is 0.127. The maximum Gasteiger partial charge on any atom is 0.306 e. The average molecular weight is 241 g/mol. The van der Waals surface area contributed by atoms with Crippen molar-refractivity contribution in [1.82, 2.24) is 5.32 Å². The number of carbonyl (C=O) groups is 2. The number of ether oxygens (including phenoxy) is 1. The Kier molecular flexibility index (Phi) is 3.99. The molecule has 1 atom stereocenters. The van der Waals surface area contributed by atoms with Gasteiger partial charge in [0.05, 0.1) is 5.92 Å². The minimum atomic E-state index is -0.714. The Morgan fingerprint density at radius 2 is 1.82 bits per heavy atom. The van der Waals surface area contributed by atoms with Gasteiger partial charge in [0.15, 0.2) is 0 Å². The minimum absolute atomic E-state index is 0.0266. The van der Waals surface area contributed by atoms with Crippen molar-refractivity contribution >= 4 is 11.9 Å². The van der Waals surface area contributed by atoms with Crippen molar-refractivity contribution in [3.63, 3.8) is 0 Å². The van der Waals surface area contributed by atoms with Crippen LogP contribution in [0, 0.1) is 5.92 Å². The van der Waals surface area contributed by atoms with E-state index in [0.29, 0.717) is 19.4 Å². The SMILES string of the molecule is O=C(O)C1CCC(NC(=O)[C@H]2CCCO2)CC1. The van der Waals surface area contributed by atoms with Gasteiger partial charge >= 0.3 is 5.97 Å². The first-order valence-corrected chi connectivity index (χ1v) is 6.31. The Balaban J connectivity index is 1.74. The van der Waals surface area contributed by atoms with Gasteiger partial charge in [0.25, 0.3) is 0 Å². The van der Waals surface area contributed by atoms with Crippen molar-refractivity contribution < 1.29 is 19.4 Å². The highest BCUT2D eigenvalue weighted by atomic mass is 16.5. The third-order valence-electron chi connectivity index (χ3n) is 3.64. The quantitative estimate of drug-likeness (QED) is 0.770. The zero-order valence-electron chi connectivity index (χ0n) is 9.85. The maximum absolute atomic E-state index is 11.8. The van der Waals surface area contributed by atoms with E-state index in [-0.39, 0.29) is 24.0 Å². The Bertz CT molecular complexity index is 291. The number of aliphatic carboxylic acids is 1. The van der Waals surface area contributed by atoms with Crippen LogP contribution in [-0.4, -0.2) is 35.7 Å². The van der Waals surface area contributed by atoms with Gasteiger partial charge in [0, 0.05) is 12.6 Å². The molecular formula is C12H19NO4. The molecule has 0 bridgehead atoms. The Morgan fingerprint density at radius 1 is 1.12 bits per heavy atom. The highest BCUT2D eigenvalue weighted by Crippen LogP contribution is 2.24. The number of carbonyl (C=O) groups excluding carboxylic acids is 1. The first-order valence-electron chi connectivity index (χ1n) is 6.31. The number of carboxylic acids is 1. The largest absolute Gasteiger partial charge is 0.481 e. The van der Waals surface area contributed by atoms with Gasteiger partial charge in [-0.25, -0.2) is 0 Å². The molecule has 2 aliphatic rings. The molecule has 0 radical (unpaired) electrons. The van der Waals surface area contributed by atoms with Crippen LogP contribution in [0.2, 0.25) is 0 Å². The molecule has 1 aliphatic heterocycles. The van der Waals surface area contributed by atoms with Gasteiger partial charge in [-0.3, -0.25) is 9.59 Å². The van der Waals surface area contributed by atoms with E-state index in [2.05, 4.69) is 5.32 Å². The van der Waals surface area contributed by atoms with Crippen molar-refractivity contribution in [2.45, 2.75) is 50.7 Å². The Hall–Kier alpha value is -1.10.